The predicted octanol–water partition coefficient (Wildman–Crippen LogP) is 2.10. The first kappa shape index (κ1) is 16.3. The third kappa shape index (κ3) is 3.05. The molecule has 0 fully saturated rings. The molecule has 1 aromatic carbocycles. The van der Waals surface area contributed by atoms with Crippen LogP contribution in [0.25, 0.3) is 10.9 Å². The molecule has 3 N–H and O–H groups in total. The summed E-state index contributed by atoms with van der Waals surface area (Å²) in [6, 6.07) is 5.83. The van der Waals surface area contributed by atoms with Crippen molar-refractivity contribution >= 4 is 16.8 Å². The van der Waals surface area contributed by atoms with Crippen molar-refractivity contribution in [3.63, 3.8) is 0 Å². The number of hydrogen-bond donors (Lipinski definition) is 3. The Labute approximate surface area is 141 Å². The van der Waals surface area contributed by atoms with E-state index < -0.39 is 6.04 Å². The van der Waals surface area contributed by atoms with Gasteiger partial charge < -0.3 is 15.6 Å². The number of amides is 1. The van der Waals surface area contributed by atoms with Gasteiger partial charge in [0.15, 0.2) is 0 Å². The van der Waals surface area contributed by atoms with E-state index in [1.54, 1.807) is 17.9 Å². The molecule has 0 saturated carbocycles. The minimum absolute atomic E-state index is 0.0624. The summed E-state index contributed by atoms with van der Waals surface area (Å²) in [5.74, 6) is -0.0624. The van der Waals surface area contributed by atoms with E-state index in [2.05, 4.69) is 46.7 Å². The van der Waals surface area contributed by atoms with Crippen LogP contribution < -0.4 is 10.6 Å². The highest BCUT2D eigenvalue weighted by atomic mass is 16.2. The lowest BCUT2D eigenvalue weighted by Crippen LogP contribution is -2.35. The minimum Gasteiger partial charge on any atom is -0.358 e. The van der Waals surface area contributed by atoms with Gasteiger partial charge >= 0.3 is 0 Å². The van der Waals surface area contributed by atoms with E-state index >= 15 is 0 Å². The van der Waals surface area contributed by atoms with Gasteiger partial charge in [-0.3, -0.25) is 9.48 Å². The first-order valence-corrected chi connectivity index (χ1v) is 8.01. The Morgan fingerprint density at radius 2 is 2.17 bits per heavy atom. The molecule has 0 radical (unpaired) electrons. The topological polar surface area (TPSA) is 74.7 Å². The zero-order valence-electron chi connectivity index (χ0n) is 14.5. The molecule has 0 bridgehead atoms. The Morgan fingerprint density at radius 3 is 2.83 bits per heavy atom. The number of rotatable bonds is 5. The fourth-order valence-electron chi connectivity index (χ4n) is 2.95. The second kappa shape index (κ2) is 6.49. The van der Waals surface area contributed by atoms with Gasteiger partial charge in [-0.2, -0.15) is 5.10 Å². The SMILES string of the molecule is CNC(C(=O)NCc1ccc2[nH]c(C)c(C)c2c1)c1cnn(C)c1. The van der Waals surface area contributed by atoms with Crippen molar-refractivity contribution in [3.8, 4) is 0 Å². The highest BCUT2D eigenvalue weighted by Gasteiger charge is 2.19. The number of carbonyl (C=O) groups excluding carboxylic acids is 1. The Morgan fingerprint density at radius 1 is 1.38 bits per heavy atom. The van der Waals surface area contributed by atoms with Crippen molar-refractivity contribution in [1.82, 2.24) is 25.4 Å². The summed E-state index contributed by atoms with van der Waals surface area (Å²) in [7, 11) is 3.61. The molecule has 3 rings (SSSR count). The van der Waals surface area contributed by atoms with Gasteiger partial charge in [0.2, 0.25) is 5.91 Å². The second-order valence-corrected chi connectivity index (χ2v) is 6.14. The van der Waals surface area contributed by atoms with Crippen LogP contribution in [-0.4, -0.2) is 27.7 Å². The quantitative estimate of drug-likeness (QED) is 0.672. The van der Waals surface area contributed by atoms with Gasteiger partial charge in [0, 0.05) is 41.9 Å². The van der Waals surface area contributed by atoms with Crippen LogP contribution in [0.4, 0.5) is 0 Å². The van der Waals surface area contributed by atoms with Crippen molar-refractivity contribution in [2.45, 2.75) is 26.4 Å². The number of benzene rings is 1. The van der Waals surface area contributed by atoms with E-state index in [0.717, 1.165) is 16.6 Å². The third-order valence-electron chi connectivity index (χ3n) is 4.45. The molecule has 6 heteroatoms. The molecule has 2 heterocycles. The number of nitrogens with zero attached hydrogens (tertiary/aromatic N) is 2. The number of hydrogen-bond acceptors (Lipinski definition) is 3. The maximum atomic E-state index is 12.5. The summed E-state index contributed by atoms with van der Waals surface area (Å²) < 4.78 is 1.69. The van der Waals surface area contributed by atoms with Crippen LogP contribution in [0.1, 0.15) is 28.4 Å². The predicted molar refractivity (Wildman–Crippen MR) is 94.6 cm³/mol. The van der Waals surface area contributed by atoms with E-state index in [0.29, 0.717) is 6.54 Å². The Kier molecular flexibility index (Phi) is 4.40. The highest BCUT2D eigenvalue weighted by Crippen LogP contribution is 2.22. The number of H-pyrrole nitrogens is 1. The summed E-state index contributed by atoms with van der Waals surface area (Å²) in [6.45, 7) is 4.68. The average molecular weight is 325 g/mol. The standard InChI is InChI=1S/C18H23N5O/c1-11-12(2)22-16-6-5-13(7-15(11)16)8-20-18(24)17(19-3)14-9-21-23(4)10-14/h5-7,9-10,17,19,22H,8H2,1-4H3,(H,20,24). The van der Waals surface area contributed by atoms with Gasteiger partial charge in [-0.05, 0) is 44.2 Å². The summed E-state index contributed by atoms with van der Waals surface area (Å²) in [5, 5.41) is 11.4. The molecule has 0 spiro atoms. The number of fused-ring (bicyclic) bond motifs is 1. The molecule has 0 aliphatic heterocycles. The van der Waals surface area contributed by atoms with Gasteiger partial charge in [0.05, 0.1) is 6.20 Å². The summed E-state index contributed by atoms with van der Waals surface area (Å²) in [6.07, 6.45) is 3.55. The maximum Gasteiger partial charge on any atom is 0.242 e. The fraction of sp³-hybridized carbons (Fsp3) is 0.333. The summed E-state index contributed by atoms with van der Waals surface area (Å²) >= 11 is 0. The zero-order chi connectivity index (χ0) is 17.3. The molecule has 24 heavy (non-hydrogen) atoms. The lowest BCUT2D eigenvalue weighted by atomic mass is 10.1. The van der Waals surface area contributed by atoms with Crippen LogP contribution in [0.3, 0.4) is 0 Å². The molecule has 1 unspecified atom stereocenters. The highest BCUT2D eigenvalue weighted by molar-refractivity contribution is 5.85. The number of nitrogens with one attached hydrogen (secondary N) is 3. The van der Waals surface area contributed by atoms with Gasteiger partial charge in [0.1, 0.15) is 6.04 Å². The lowest BCUT2D eigenvalue weighted by molar-refractivity contribution is -0.123. The van der Waals surface area contributed by atoms with Crippen LogP contribution in [-0.2, 0) is 18.4 Å². The molecule has 6 nitrogen and oxygen atoms in total. The molecule has 0 saturated heterocycles. The van der Waals surface area contributed by atoms with E-state index in [4.69, 9.17) is 0 Å². The number of likely N-dealkylation sites (N-methyl/N-ethyl adjacent to an activating group) is 1. The summed E-state index contributed by atoms with van der Waals surface area (Å²) in [4.78, 5) is 15.8. The Balaban J connectivity index is 1.72. The minimum atomic E-state index is -0.404. The van der Waals surface area contributed by atoms with Gasteiger partial charge in [-0.15, -0.1) is 0 Å². The van der Waals surface area contributed by atoms with Gasteiger partial charge in [-0.25, -0.2) is 0 Å². The normalized spacial score (nSPS) is 12.5. The van der Waals surface area contributed by atoms with Crippen LogP contribution in [0.15, 0.2) is 30.6 Å². The van der Waals surface area contributed by atoms with Gasteiger partial charge in [-0.1, -0.05) is 6.07 Å². The van der Waals surface area contributed by atoms with E-state index in [-0.39, 0.29) is 5.91 Å². The van der Waals surface area contributed by atoms with Crippen molar-refractivity contribution in [1.29, 1.82) is 0 Å². The van der Waals surface area contributed by atoms with Crippen molar-refractivity contribution in [2.75, 3.05) is 7.05 Å². The molecule has 1 atom stereocenters. The van der Waals surface area contributed by atoms with Crippen LogP contribution >= 0.6 is 0 Å². The smallest absolute Gasteiger partial charge is 0.242 e. The molecule has 0 aliphatic carbocycles. The van der Waals surface area contributed by atoms with E-state index in [1.165, 1.54) is 16.6 Å². The van der Waals surface area contributed by atoms with E-state index in [9.17, 15) is 4.79 Å². The number of carbonyl (C=O) groups is 1. The van der Waals surface area contributed by atoms with Crippen LogP contribution in [0.5, 0.6) is 0 Å². The fourth-order valence-corrected chi connectivity index (χ4v) is 2.95. The Hall–Kier alpha value is -2.60. The van der Waals surface area contributed by atoms with E-state index in [1.807, 2.05) is 19.3 Å². The lowest BCUT2D eigenvalue weighted by Gasteiger charge is -2.14. The van der Waals surface area contributed by atoms with Crippen LogP contribution in [0, 0.1) is 13.8 Å². The first-order valence-electron chi connectivity index (χ1n) is 8.01. The molecular weight excluding hydrogens is 302 g/mol. The summed E-state index contributed by atoms with van der Waals surface area (Å²) in [5.41, 5.74) is 5.49. The molecule has 2 aromatic heterocycles. The van der Waals surface area contributed by atoms with Crippen molar-refractivity contribution in [3.05, 3.63) is 53.0 Å². The third-order valence-corrected chi connectivity index (χ3v) is 4.45. The maximum absolute atomic E-state index is 12.5. The average Bonchev–Trinajstić information content (AvgIpc) is 3.11. The molecular formula is C18H23N5O. The van der Waals surface area contributed by atoms with Gasteiger partial charge in [0.25, 0.3) is 0 Å². The largest absolute Gasteiger partial charge is 0.358 e. The zero-order valence-corrected chi connectivity index (χ0v) is 14.5. The molecule has 126 valence electrons. The second-order valence-electron chi connectivity index (χ2n) is 6.14. The number of aromatic amines is 1. The Bertz CT molecular complexity index is 877. The number of aryl methyl sites for hydroxylation is 3. The molecule has 3 aromatic rings. The molecule has 0 aliphatic rings. The van der Waals surface area contributed by atoms with Crippen molar-refractivity contribution in [2.24, 2.45) is 7.05 Å². The molecule has 1 amide bonds. The monoisotopic (exact) mass is 325 g/mol. The number of aromatic nitrogens is 3. The first-order chi connectivity index (χ1) is 11.5. The van der Waals surface area contributed by atoms with Crippen LogP contribution in [0.2, 0.25) is 0 Å². The van der Waals surface area contributed by atoms with Crippen molar-refractivity contribution < 1.29 is 4.79 Å².